The summed E-state index contributed by atoms with van der Waals surface area (Å²) in [5, 5.41) is 3.14. The molecule has 1 amide bonds. The molecule has 0 aromatic heterocycles. The number of nitrogens with zero attached hydrogens (tertiary/aromatic N) is 1. The molecule has 0 bridgehead atoms. The van der Waals surface area contributed by atoms with Crippen LogP contribution in [-0.4, -0.2) is 43.7 Å². The van der Waals surface area contributed by atoms with Crippen LogP contribution in [0.2, 0.25) is 0 Å². The summed E-state index contributed by atoms with van der Waals surface area (Å²) in [5.74, 6) is 0.110. The SMILES string of the molecule is Cc1ccc([C@@H](CNC(=O)CCc2ccccc2)N2CCOCC2)cc1. The predicted octanol–water partition coefficient (Wildman–Crippen LogP) is 3.12. The average Bonchev–Trinajstić information content (AvgIpc) is 2.69. The van der Waals surface area contributed by atoms with E-state index >= 15 is 0 Å². The Balaban J connectivity index is 1.58. The van der Waals surface area contributed by atoms with Crippen LogP contribution in [0.15, 0.2) is 54.6 Å². The Morgan fingerprint density at radius 2 is 1.77 bits per heavy atom. The molecule has 1 heterocycles. The molecule has 0 radical (unpaired) electrons. The minimum atomic E-state index is 0.110. The molecule has 2 aromatic carbocycles. The van der Waals surface area contributed by atoms with Gasteiger partial charge < -0.3 is 10.1 Å². The number of rotatable bonds is 7. The number of aryl methyl sites for hydroxylation is 2. The Morgan fingerprint density at radius 1 is 1.08 bits per heavy atom. The summed E-state index contributed by atoms with van der Waals surface area (Å²) < 4.78 is 5.49. The van der Waals surface area contributed by atoms with Gasteiger partial charge in [-0.3, -0.25) is 9.69 Å². The highest BCUT2D eigenvalue weighted by Gasteiger charge is 2.23. The van der Waals surface area contributed by atoms with Crippen molar-refractivity contribution in [1.82, 2.24) is 10.2 Å². The maximum atomic E-state index is 12.3. The summed E-state index contributed by atoms with van der Waals surface area (Å²) in [6.07, 6.45) is 1.30. The van der Waals surface area contributed by atoms with Crippen molar-refractivity contribution in [2.75, 3.05) is 32.8 Å². The van der Waals surface area contributed by atoms with Gasteiger partial charge in [0.05, 0.1) is 19.3 Å². The first kappa shape index (κ1) is 18.6. The predicted molar refractivity (Wildman–Crippen MR) is 104 cm³/mol. The van der Waals surface area contributed by atoms with Crippen molar-refractivity contribution in [1.29, 1.82) is 0 Å². The van der Waals surface area contributed by atoms with Crippen LogP contribution in [0.1, 0.15) is 29.2 Å². The molecule has 0 saturated carbocycles. The molecule has 0 aliphatic carbocycles. The van der Waals surface area contributed by atoms with Gasteiger partial charge in [-0.05, 0) is 24.5 Å². The Bertz CT molecular complexity index is 679. The molecular formula is C22H28N2O2. The maximum Gasteiger partial charge on any atom is 0.220 e. The molecule has 1 fully saturated rings. The molecule has 2 aromatic rings. The first-order valence-electron chi connectivity index (χ1n) is 9.41. The van der Waals surface area contributed by atoms with E-state index in [0.29, 0.717) is 13.0 Å². The highest BCUT2D eigenvalue weighted by atomic mass is 16.5. The Labute approximate surface area is 156 Å². The Hall–Kier alpha value is -2.17. The minimum Gasteiger partial charge on any atom is -0.379 e. The number of nitrogens with one attached hydrogen (secondary N) is 1. The second-order valence-electron chi connectivity index (χ2n) is 6.86. The van der Waals surface area contributed by atoms with Gasteiger partial charge in [0.1, 0.15) is 0 Å². The lowest BCUT2D eigenvalue weighted by Crippen LogP contribution is -2.43. The Kier molecular flexibility index (Phi) is 6.81. The summed E-state index contributed by atoms with van der Waals surface area (Å²) in [4.78, 5) is 14.7. The fraction of sp³-hybridized carbons (Fsp3) is 0.409. The van der Waals surface area contributed by atoms with Crippen LogP contribution in [0.25, 0.3) is 0 Å². The van der Waals surface area contributed by atoms with Gasteiger partial charge in [0.25, 0.3) is 0 Å². The quantitative estimate of drug-likeness (QED) is 0.832. The van der Waals surface area contributed by atoms with Gasteiger partial charge in [-0.15, -0.1) is 0 Å². The average molecular weight is 352 g/mol. The second-order valence-corrected chi connectivity index (χ2v) is 6.86. The van der Waals surface area contributed by atoms with Crippen LogP contribution in [0, 0.1) is 6.92 Å². The molecule has 138 valence electrons. The maximum absolute atomic E-state index is 12.3. The topological polar surface area (TPSA) is 41.6 Å². The number of hydrogen-bond donors (Lipinski definition) is 1. The molecule has 1 N–H and O–H groups in total. The van der Waals surface area contributed by atoms with Crippen molar-refractivity contribution in [2.45, 2.75) is 25.8 Å². The highest BCUT2D eigenvalue weighted by molar-refractivity contribution is 5.76. The summed E-state index contributed by atoms with van der Waals surface area (Å²) >= 11 is 0. The largest absolute Gasteiger partial charge is 0.379 e. The van der Waals surface area contributed by atoms with E-state index in [0.717, 1.165) is 32.7 Å². The fourth-order valence-electron chi connectivity index (χ4n) is 3.34. The van der Waals surface area contributed by atoms with E-state index in [1.807, 2.05) is 18.2 Å². The van der Waals surface area contributed by atoms with E-state index in [4.69, 9.17) is 4.74 Å². The Morgan fingerprint density at radius 3 is 2.46 bits per heavy atom. The van der Waals surface area contributed by atoms with Crippen LogP contribution in [0.4, 0.5) is 0 Å². The summed E-state index contributed by atoms with van der Waals surface area (Å²) in [7, 11) is 0. The minimum absolute atomic E-state index is 0.110. The molecule has 1 atom stereocenters. The van der Waals surface area contributed by atoms with Crippen LogP contribution in [0.3, 0.4) is 0 Å². The lowest BCUT2D eigenvalue weighted by atomic mass is 10.0. The molecule has 0 unspecified atom stereocenters. The van der Waals surface area contributed by atoms with Gasteiger partial charge in [-0.1, -0.05) is 60.2 Å². The van der Waals surface area contributed by atoms with Gasteiger partial charge >= 0.3 is 0 Å². The van der Waals surface area contributed by atoms with Gasteiger partial charge in [0.15, 0.2) is 0 Å². The van der Waals surface area contributed by atoms with Gasteiger partial charge in [-0.2, -0.15) is 0 Å². The highest BCUT2D eigenvalue weighted by Crippen LogP contribution is 2.22. The third-order valence-electron chi connectivity index (χ3n) is 4.92. The van der Waals surface area contributed by atoms with Crippen molar-refractivity contribution in [3.05, 3.63) is 71.3 Å². The van der Waals surface area contributed by atoms with Crippen molar-refractivity contribution in [3.8, 4) is 0 Å². The lowest BCUT2D eigenvalue weighted by molar-refractivity contribution is -0.121. The standard InChI is InChI=1S/C22H28N2O2/c1-18-7-10-20(11-8-18)21(24-13-15-26-16-14-24)17-23-22(25)12-9-19-5-3-2-4-6-19/h2-8,10-11,21H,9,12-17H2,1H3,(H,23,25)/t21-/m1/s1. The zero-order valence-corrected chi connectivity index (χ0v) is 15.5. The fourth-order valence-corrected chi connectivity index (χ4v) is 3.34. The molecule has 4 nitrogen and oxygen atoms in total. The van der Waals surface area contributed by atoms with E-state index in [1.165, 1.54) is 16.7 Å². The third-order valence-corrected chi connectivity index (χ3v) is 4.92. The van der Waals surface area contributed by atoms with Gasteiger partial charge in [-0.25, -0.2) is 0 Å². The lowest BCUT2D eigenvalue weighted by Gasteiger charge is -2.35. The summed E-state index contributed by atoms with van der Waals surface area (Å²) in [5.41, 5.74) is 3.70. The number of carbonyl (C=O) groups is 1. The molecule has 3 rings (SSSR count). The number of carbonyl (C=O) groups excluding carboxylic acids is 1. The molecule has 1 saturated heterocycles. The number of ether oxygens (including phenoxy) is 1. The van der Waals surface area contributed by atoms with E-state index in [1.54, 1.807) is 0 Å². The molecule has 1 aliphatic rings. The van der Waals surface area contributed by atoms with E-state index in [2.05, 4.69) is 53.5 Å². The zero-order chi connectivity index (χ0) is 18.2. The number of amides is 1. The van der Waals surface area contributed by atoms with Crippen molar-refractivity contribution in [2.24, 2.45) is 0 Å². The van der Waals surface area contributed by atoms with Crippen molar-refractivity contribution >= 4 is 5.91 Å². The van der Waals surface area contributed by atoms with Crippen LogP contribution < -0.4 is 5.32 Å². The van der Waals surface area contributed by atoms with Crippen molar-refractivity contribution < 1.29 is 9.53 Å². The first-order chi connectivity index (χ1) is 12.7. The zero-order valence-electron chi connectivity index (χ0n) is 15.5. The monoisotopic (exact) mass is 352 g/mol. The molecular weight excluding hydrogens is 324 g/mol. The number of morpholine rings is 1. The normalized spacial score (nSPS) is 16.2. The van der Waals surface area contributed by atoms with Crippen LogP contribution in [0.5, 0.6) is 0 Å². The van der Waals surface area contributed by atoms with E-state index < -0.39 is 0 Å². The number of benzene rings is 2. The summed E-state index contributed by atoms with van der Waals surface area (Å²) in [6.45, 7) is 6.04. The van der Waals surface area contributed by atoms with Crippen LogP contribution in [-0.2, 0) is 16.0 Å². The smallest absolute Gasteiger partial charge is 0.220 e. The molecule has 26 heavy (non-hydrogen) atoms. The van der Waals surface area contributed by atoms with E-state index in [-0.39, 0.29) is 11.9 Å². The molecule has 1 aliphatic heterocycles. The van der Waals surface area contributed by atoms with E-state index in [9.17, 15) is 4.79 Å². The van der Waals surface area contributed by atoms with Gasteiger partial charge in [0.2, 0.25) is 5.91 Å². The van der Waals surface area contributed by atoms with Crippen LogP contribution >= 0.6 is 0 Å². The number of hydrogen-bond acceptors (Lipinski definition) is 3. The molecule has 4 heteroatoms. The van der Waals surface area contributed by atoms with Crippen molar-refractivity contribution in [3.63, 3.8) is 0 Å². The van der Waals surface area contributed by atoms with Gasteiger partial charge in [0, 0.05) is 26.1 Å². The first-order valence-corrected chi connectivity index (χ1v) is 9.41. The second kappa shape index (κ2) is 9.51. The molecule has 0 spiro atoms. The summed E-state index contributed by atoms with van der Waals surface area (Å²) in [6, 6.07) is 19.0. The third kappa shape index (κ3) is 5.41.